The number of amides is 1. The largest absolute Gasteiger partial charge is 0.444 e. The molecule has 0 aromatic heterocycles. The maximum Gasteiger partial charge on any atom is 0.407 e. The third-order valence-electron chi connectivity index (χ3n) is 3.22. The van der Waals surface area contributed by atoms with Crippen molar-refractivity contribution in [3.8, 4) is 0 Å². The summed E-state index contributed by atoms with van der Waals surface area (Å²) >= 11 is 0. The van der Waals surface area contributed by atoms with Crippen molar-refractivity contribution in [2.45, 2.75) is 46.6 Å². The lowest BCUT2D eigenvalue weighted by molar-refractivity contribution is 0.0529. The third kappa shape index (κ3) is 10.3. The Morgan fingerprint density at radius 2 is 1.72 bits per heavy atom. The minimum Gasteiger partial charge on any atom is -0.444 e. The molecule has 0 heterocycles. The lowest BCUT2D eigenvalue weighted by Crippen LogP contribution is -2.42. The summed E-state index contributed by atoms with van der Waals surface area (Å²) in [5.41, 5.74) is 2.06. The number of alkyl carbamates (subject to hydrolysis) is 1. The van der Waals surface area contributed by atoms with Crippen molar-refractivity contribution < 1.29 is 9.53 Å². The Kier molecular flexibility index (Phi) is 8.81. The van der Waals surface area contributed by atoms with Gasteiger partial charge in [0.2, 0.25) is 0 Å². The zero-order valence-corrected chi connectivity index (χ0v) is 16.1. The minimum absolute atomic E-state index is 0.407. The van der Waals surface area contributed by atoms with E-state index in [9.17, 15) is 4.79 Å². The number of carbonyl (C=O) groups is 1. The molecule has 0 radical (unpaired) electrons. The summed E-state index contributed by atoms with van der Waals surface area (Å²) in [6.07, 6.45) is 0.489. The van der Waals surface area contributed by atoms with Gasteiger partial charge in [-0.25, -0.2) is 4.79 Å². The van der Waals surface area contributed by atoms with Gasteiger partial charge in [-0.1, -0.05) is 29.8 Å². The molecule has 140 valence electrons. The maximum atomic E-state index is 11.6. The van der Waals surface area contributed by atoms with Gasteiger partial charge < -0.3 is 20.7 Å². The van der Waals surface area contributed by atoms with Gasteiger partial charge in [-0.3, -0.25) is 4.99 Å². The summed E-state index contributed by atoms with van der Waals surface area (Å²) in [7, 11) is 0. The SMILES string of the molecule is CCNC(=NCCc1ccc(C)cc1)NCCNC(=O)OC(C)(C)C. The highest BCUT2D eigenvalue weighted by Crippen LogP contribution is 2.06. The van der Waals surface area contributed by atoms with Crippen LogP contribution in [0, 0.1) is 6.92 Å². The number of carbonyl (C=O) groups excluding carboxylic acids is 1. The van der Waals surface area contributed by atoms with Crippen LogP contribution in [0.2, 0.25) is 0 Å². The number of aliphatic imine (C=N–C) groups is 1. The summed E-state index contributed by atoms with van der Waals surface area (Å²) < 4.78 is 5.19. The molecule has 0 aliphatic heterocycles. The highest BCUT2D eigenvalue weighted by atomic mass is 16.6. The standard InChI is InChI=1S/C19H32N4O2/c1-6-20-17(21-12-11-16-9-7-15(2)8-10-16)22-13-14-23-18(24)25-19(3,4)5/h7-10H,6,11-14H2,1-5H3,(H,23,24)(H2,20,21,22). The number of hydrogen-bond acceptors (Lipinski definition) is 3. The molecule has 1 rings (SSSR count). The number of guanidine groups is 1. The number of nitrogens with one attached hydrogen (secondary N) is 3. The molecule has 0 saturated heterocycles. The summed E-state index contributed by atoms with van der Waals surface area (Å²) in [4.78, 5) is 16.1. The summed E-state index contributed by atoms with van der Waals surface area (Å²) in [5, 5.41) is 9.12. The van der Waals surface area contributed by atoms with E-state index >= 15 is 0 Å². The van der Waals surface area contributed by atoms with E-state index in [4.69, 9.17) is 4.74 Å². The van der Waals surface area contributed by atoms with Crippen molar-refractivity contribution in [1.82, 2.24) is 16.0 Å². The van der Waals surface area contributed by atoms with Crippen LogP contribution in [0.15, 0.2) is 29.3 Å². The molecule has 0 fully saturated rings. The van der Waals surface area contributed by atoms with E-state index in [1.165, 1.54) is 11.1 Å². The smallest absolute Gasteiger partial charge is 0.407 e. The second-order valence-corrected chi connectivity index (χ2v) is 6.85. The first kappa shape index (κ1) is 20.8. The first-order valence-electron chi connectivity index (χ1n) is 8.84. The molecule has 1 aromatic carbocycles. The van der Waals surface area contributed by atoms with Gasteiger partial charge in [0.15, 0.2) is 5.96 Å². The molecule has 0 saturated carbocycles. The molecule has 6 heteroatoms. The third-order valence-corrected chi connectivity index (χ3v) is 3.22. The van der Waals surface area contributed by atoms with Crippen LogP contribution in [0.1, 0.15) is 38.8 Å². The van der Waals surface area contributed by atoms with Gasteiger partial charge in [0.1, 0.15) is 5.60 Å². The van der Waals surface area contributed by atoms with Gasteiger partial charge in [0, 0.05) is 26.2 Å². The second kappa shape index (κ2) is 10.6. The number of nitrogens with zero attached hydrogens (tertiary/aromatic N) is 1. The minimum atomic E-state index is -0.482. The van der Waals surface area contributed by atoms with E-state index in [2.05, 4.69) is 52.1 Å². The predicted molar refractivity (Wildman–Crippen MR) is 103 cm³/mol. The number of ether oxygens (including phenoxy) is 1. The molecular weight excluding hydrogens is 316 g/mol. The van der Waals surface area contributed by atoms with Crippen molar-refractivity contribution >= 4 is 12.1 Å². The van der Waals surface area contributed by atoms with E-state index in [0.717, 1.165) is 18.9 Å². The molecule has 1 aromatic rings. The van der Waals surface area contributed by atoms with Crippen molar-refractivity contribution in [3.05, 3.63) is 35.4 Å². The Hall–Kier alpha value is -2.24. The molecule has 25 heavy (non-hydrogen) atoms. The molecule has 0 aliphatic carbocycles. The van der Waals surface area contributed by atoms with Gasteiger partial charge in [-0.15, -0.1) is 0 Å². The molecule has 1 amide bonds. The van der Waals surface area contributed by atoms with Crippen molar-refractivity contribution in [2.24, 2.45) is 4.99 Å². The van der Waals surface area contributed by atoms with E-state index < -0.39 is 11.7 Å². The van der Waals surface area contributed by atoms with Crippen LogP contribution >= 0.6 is 0 Å². The lowest BCUT2D eigenvalue weighted by atomic mass is 10.1. The Labute approximate surface area is 151 Å². The Morgan fingerprint density at radius 1 is 1.08 bits per heavy atom. The fourth-order valence-corrected chi connectivity index (χ4v) is 2.05. The summed E-state index contributed by atoms with van der Waals surface area (Å²) in [6, 6.07) is 8.50. The maximum absolute atomic E-state index is 11.6. The molecule has 0 atom stereocenters. The van der Waals surface area contributed by atoms with Gasteiger partial charge in [-0.05, 0) is 46.6 Å². The van der Waals surface area contributed by atoms with Crippen LogP contribution in [0.3, 0.4) is 0 Å². The average molecular weight is 348 g/mol. The number of hydrogen-bond donors (Lipinski definition) is 3. The Bertz CT molecular complexity index is 548. The van der Waals surface area contributed by atoms with Crippen molar-refractivity contribution in [3.63, 3.8) is 0 Å². The van der Waals surface area contributed by atoms with Crippen LogP contribution in [0.4, 0.5) is 4.79 Å². The van der Waals surface area contributed by atoms with Gasteiger partial charge >= 0.3 is 6.09 Å². The first-order valence-corrected chi connectivity index (χ1v) is 8.84. The van der Waals surface area contributed by atoms with E-state index in [1.807, 2.05) is 27.7 Å². The zero-order valence-electron chi connectivity index (χ0n) is 16.1. The first-order chi connectivity index (χ1) is 11.8. The number of rotatable bonds is 7. The van der Waals surface area contributed by atoms with E-state index in [-0.39, 0.29) is 0 Å². The average Bonchev–Trinajstić information content (AvgIpc) is 2.51. The lowest BCUT2D eigenvalue weighted by Gasteiger charge is -2.19. The monoisotopic (exact) mass is 348 g/mol. The molecule has 0 unspecified atom stereocenters. The molecule has 0 bridgehead atoms. The van der Waals surface area contributed by atoms with Crippen molar-refractivity contribution in [2.75, 3.05) is 26.2 Å². The predicted octanol–water partition coefficient (Wildman–Crippen LogP) is 2.62. The normalized spacial score (nSPS) is 11.8. The van der Waals surface area contributed by atoms with Crippen LogP contribution in [0.5, 0.6) is 0 Å². The zero-order chi connectivity index (χ0) is 18.7. The molecule has 3 N–H and O–H groups in total. The number of benzene rings is 1. The fraction of sp³-hybridized carbons (Fsp3) is 0.579. The van der Waals surface area contributed by atoms with Gasteiger partial charge in [-0.2, -0.15) is 0 Å². The van der Waals surface area contributed by atoms with Crippen LogP contribution in [-0.4, -0.2) is 43.8 Å². The molecular formula is C19H32N4O2. The highest BCUT2D eigenvalue weighted by molar-refractivity contribution is 5.79. The van der Waals surface area contributed by atoms with Crippen LogP contribution in [-0.2, 0) is 11.2 Å². The quantitative estimate of drug-likeness (QED) is 0.402. The van der Waals surface area contributed by atoms with E-state index in [0.29, 0.717) is 19.6 Å². The Balaban J connectivity index is 2.33. The molecule has 0 spiro atoms. The highest BCUT2D eigenvalue weighted by Gasteiger charge is 2.15. The number of aryl methyl sites for hydroxylation is 1. The van der Waals surface area contributed by atoms with Crippen LogP contribution < -0.4 is 16.0 Å². The van der Waals surface area contributed by atoms with Gasteiger partial charge in [0.25, 0.3) is 0 Å². The van der Waals surface area contributed by atoms with Crippen LogP contribution in [0.25, 0.3) is 0 Å². The van der Waals surface area contributed by atoms with E-state index in [1.54, 1.807) is 0 Å². The topological polar surface area (TPSA) is 74.8 Å². The Morgan fingerprint density at radius 3 is 2.32 bits per heavy atom. The second-order valence-electron chi connectivity index (χ2n) is 6.85. The van der Waals surface area contributed by atoms with Gasteiger partial charge in [0.05, 0.1) is 0 Å². The molecule has 0 aliphatic rings. The van der Waals surface area contributed by atoms with Crippen molar-refractivity contribution in [1.29, 1.82) is 0 Å². The summed E-state index contributed by atoms with van der Waals surface area (Å²) in [6.45, 7) is 12.2. The fourth-order valence-electron chi connectivity index (χ4n) is 2.05. The molecule has 6 nitrogen and oxygen atoms in total. The summed E-state index contributed by atoms with van der Waals surface area (Å²) in [5.74, 6) is 0.751.